The molecule has 2 saturated heterocycles. The number of likely N-dealkylation sites (tertiary alicyclic amines) is 2. The Morgan fingerprint density at radius 2 is 1.95 bits per heavy atom. The monoisotopic (exact) mass is 588 g/mol. The fourth-order valence-corrected chi connectivity index (χ4v) is 7.24. The molecule has 5 atom stereocenters. The second kappa shape index (κ2) is 10.6. The van der Waals surface area contributed by atoms with Gasteiger partial charge in [0.25, 0.3) is 0 Å². The molecule has 2 aromatic carbocycles. The molecule has 4 aliphatic rings. The van der Waals surface area contributed by atoms with Crippen molar-refractivity contribution in [1.29, 1.82) is 5.26 Å². The van der Waals surface area contributed by atoms with Gasteiger partial charge >= 0.3 is 12.1 Å². The SMILES string of the molecule is CN1CCC2(C1)OC(=O)c1ccc(-c3ccc(C[C@@H](C#N)NC(=O)[C@@H]4[C@H]5CC[C@H](C5)N4C(=O)OC(C)(C)C)c(F)c3)cc12. The second-order valence-electron chi connectivity index (χ2n) is 13.4. The number of hydrogen-bond acceptors (Lipinski definition) is 7. The Morgan fingerprint density at radius 1 is 1.21 bits per heavy atom. The van der Waals surface area contributed by atoms with Gasteiger partial charge in [0.2, 0.25) is 5.91 Å². The Balaban J connectivity index is 1.17. The van der Waals surface area contributed by atoms with E-state index in [-0.39, 0.29) is 24.3 Å². The highest BCUT2D eigenvalue weighted by Gasteiger charge is 2.53. The molecule has 1 saturated carbocycles. The van der Waals surface area contributed by atoms with Crippen molar-refractivity contribution < 1.29 is 28.2 Å². The van der Waals surface area contributed by atoms with Gasteiger partial charge in [0.05, 0.1) is 11.6 Å². The van der Waals surface area contributed by atoms with Crippen LogP contribution in [0.2, 0.25) is 0 Å². The number of nitrogens with zero attached hydrogens (tertiary/aromatic N) is 3. The van der Waals surface area contributed by atoms with Gasteiger partial charge in [-0.15, -0.1) is 0 Å². The molecule has 6 rings (SSSR count). The summed E-state index contributed by atoms with van der Waals surface area (Å²) in [5.74, 6) is -1.24. The molecule has 0 radical (unpaired) electrons. The number of esters is 1. The third-order valence-electron chi connectivity index (χ3n) is 9.18. The lowest BCUT2D eigenvalue weighted by Crippen LogP contribution is -2.55. The van der Waals surface area contributed by atoms with Crippen molar-refractivity contribution in [2.75, 3.05) is 20.1 Å². The molecule has 10 heteroatoms. The van der Waals surface area contributed by atoms with Crippen LogP contribution in [0.15, 0.2) is 36.4 Å². The maximum Gasteiger partial charge on any atom is 0.411 e. The number of fused-ring (bicyclic) bond motifs is 4. The number of amides is 2. The fourth-order valence-electron chi connectivity index (χ4n) is 7.24. The predicted octanol–water partition coefficient (Wildman–Crippen LogP) is 4.53. The van der Waals surface area contributed by atoms with Gasteiger partial charge in [0.15, 0.2) is 5.60 Å². The summed E-state index contributed by atoms with van der Waals surface area (Å²) in [7, 11) is 1.99. The van der Waals surface area contributed by atoms with Gasteiger partial charge in [-0.05, 0) is 87.9 Å². The smallest absolute Gasteiger partial charge is 0.411 e. The molecule has 2 aromatic rings. The molecule has 3 fully saturated rings. The highest BCUT2D eigenvalue weighted by Crippen LogP contribution is 2.45. The number of ether oxygens (including phenoxy) is 2. The molecule has 1 N–H and O–H groups in total. The summed E-state index contributed by atoms with van der Waals surface area (Å²) in [6, 6.07) is 10.6. The zero-order valence-electron chi connectivity index (χ0n) is 25.0. The summed E-state index contributed by atoms with van der Waals surface area (Å²) in [5.41, 5.74) is 1.70. The molecule has 9 nitrogen and oxygen atoms in total. The molecule has 3 aliphatic heterocycles. The molecule has 3 heterocycles. The number of nitrogens with one attached hydrogen (secondary N) is 1. The van der Waals surface area contributed by atoms with E-state index in [4.69, 9.17) is 9.47 Å². The lowest BCUT2D eigenvalue weighted by molar-refractivity contribution is -0.128. The highest BCUT2D eigenvalue weighted by atomic mass is 19.1. The van der Waals surface area contributed by atoms with Crippen molar-refractivity contribution in [3.63, 3.8) is 0 Å². The van der Waals surface area contributed by atoms with Crippen molar-refractivity contribution in [3.8, 4) is 17.2 Å². The molecular formula is C33H37FN4O5. The van der Waals surface area contributed by atoms with E-state index in [1.165, 1.54) is 11.0 Å². The minimum absolute atomic E-state index is 0.00432. The van der Waals surface area contributed by atoms with Gasteiger partial charge in [-0.1, -0.05) is 18.2 Å². The molecule has 1 unspecified atom stereocenters. The Morgan fingerprint density at radius 3 is 2.63 bits per heavy atom. The number of hydrogen-bond donors (Lipinski definition) is 1. The standard InChI is InChI=1S/C33H37FN4O5/c1-32(2,3)43-31(41)38-24-9-7-22(14-24)28(38)29(39)36-23(17-35)13-21-6-5-20(16-27(21)34)19-8-10-25-26(15-19)33(42-30(25)40)11-12-37(4)18-33/h5-6,8,10,15-16,22-24,28H,7,9,11-14,18H2,1-4H3,(H,36,39)/t22-,23-,24+,28-,33?/m0/s1. The van der Waals surface area contributed by atoms with Crippen molar-refractivity contribution in [3.05, 3.63) is 58.9 Å². The van der Waals surface area contributed by atoms with Gasteiger partial charge in [-0.3, -0.25) is 9.69 Å². The lowest BCUT2D eigenvalue weighted by atomic mass is 9.88. The van der Waals surface area contributed by atoms with Crippen LogP contribution in [0.3, 0.4) is 0 Å². The first-order valence-corrected chi connectivity index (χ1v) is 14.9. The number of nitriles is 1. The van der Waals surface area contributed by atoms with Gasteiger partial charge < -0.3 is 19.7 Å². The van der Waals surface area contributed by atoms with Crippen LogP contribution in [0.25, 0.3) is 11.1 Å². The first-order valence-electron chi connectivity index (χ1n) is 14.9. The number of likely N-dealkylation sites (N-methyl/N-ethyl adjacent to an activating group) is 1. The number of carbonyl (C=O) groups excluding carboxylic acids is 3. The van der Waals surface area contributed by atoms with Crippen LogP contribution >= 0.6 is 0 Å². The van der Waals surface area contributed by atoms with E-state index in [2.05, 4.69) is 16.3 Å². The van der Waals surface area contributed by atoms with E-state index in [1.807, 2.05) is 13.1 Å². The summed E-state index contributed by atoms with van der Waals surface area (Å²) in [6.45, 7) is 6.78. The molecule has 2 amide bonds. The van der Waals surface area contributed by atoms with Gasteiger partial charge in [-0.2, -0.15) is 5.26 Å². The first kappa shape index (κ1) is 29.1. The topological polar surface area (TPSA) is 112 Å². The van der Waals surface area contributed by atoms with Crippen LogP contribution < -0.4 is 5.32 Å². The molecular weight excluding hydrogens is 551 g/mol. The maximum absolute atomic E-state index is 15.4. The van der Waals surface area contributed by atoms with Crippen LogP contribution in [-0.2, 0) is 26.3 Å². The van der Waals surface area contributed by atoms with E-state index in [1.54, 1.807) is 45.0 Å². The summed E-state index contributed by atoms with van der Waals surface area (Å²) >= 11 is 0. The predicted molar refractivity (Wildman–Crippen MR) is 155 cm³/mol. The van der Waals surface area contributed by atoms with Crippen LogP contribution in [-0.4, -0.2) is 71.6 Å². The second-order valence-corrected chi connectivity index (χ2v) is 13.4. The number of halogens is 1. The lowest BCUT2D eigenvalue weighted by Gasteiger charge is -2.35. The van der Waals surface area contributed by atoms with E-state index < -0.39 is 41.1 Å². The van der Waals surface area contributed by atoms with Crippen LogP contribution in [0.4, 0.5) is 9.18 Å². The third-order valence-corrected chi connectivity index (χ3v) is 9.18. The summed E-state index contributed by atoms with van der Waals surface area (Å²) in [4.78, 5) is 42.5. The Bertz CT molecular complexity index is 1530. The maximum atomic E-state index is 15.4. The van der Waals surface area contributed by atoms with Crippen LogP contribution in [0.1, 0.15) is 67.9 Å². The Hall–Kier alpha value is -3.97. The summed E-state index contributed by atoms with van der Waals surface area (Å²) in [5, 5.41) is 12.6. The van der Waals surface area contributed by atoms with Crippen molar-refractivity contribution >= 4 is 18.0 Å². The van der Waals surface area contributed by atoms with E-state index >= 15 is 4.39 Å². The quantitative estimate of drug-likeness (QED) is 0.511. The highest BCUT2D eigenvalue weighted by molar-refractivity contribution is 5.96. The molecule has 0 aromatic heterocycles. The average molecular weight is 589 g/mol. The van der Waals surface area contributed by atoms with Gasteiger partial charge in [0.1, 0.15) is 23.5 Å². The molecule has 1 spiro atoms. The normalized spacial score (nSPS) is 26.7. The number of piperidine rings is 1. The Labute approximate surface area is 250 Å². The van der Waals surface area contributed by atoms with E-state index in [0.29, 0.717) is 29.7 Å². The van der Waals surface area contributed by atoms with Gasteiger partial charge in [-0.25, -0.2) is 14.0 Å². The first-order chi connectivity index (χ1) is 20.4. The molecule has 226 valence electrons. The zero-order valence-corrected chi connectivity index (χ0v) is 25.0. The van der Waals surface area contributed by atoms with Crippen molar-refractivity contribution in [2.24, 2.45) is 5.92 Å². The molecule has 2 bridgehead atoms. The minimum Gasteiger partial charge on any atom is -0.449 e. The largest absolute Gasteiger partial charge is 0.449 e. The van der Waals surface area contributed by atoms with Crippen molar-refractivity contribution in [1.82, 2.24) is 15.1 Å². The third kappa shape index (κ3) is 5.35. The van der Waals surface area contributed by atoms with E-state index in [9.17, 15) is 19.6 Å². The average Bonchev–Trinajstić information content (AvgIpc) is 3.72. The number of benzene rings is 2. The fraction of sp³-hybridized carbons (Fsp3) is 0.515. The molecule has 43 heavy (non-hydrogen) atoms. The molecule has 1 aliphatic carbocycles. The number of rotatable bonds is 5. The zero-order chi connectivity index (χ0) is 30.7. The van der Waals surface area contributed by atoms with Gasteiger partial charge in [0, 0.05) is 37.5 Å². The minimum atomic E-state index is -0.977. The van der Waals surface area contributed by atoms with Crippen LogP contribution in [0, 0.1) is 23.1 Å². The summed E-state index contributed by atoms with van der Waals surface area (Å²) in [6.07, 6.45) is 2.53. The van der Waals surface area contributed by atoms with Crippen molar-refractivity contribution in [2.45, 2.75) is 82.2 Å². The number of carbonyl (C=O) groups is 3. The van der Waals surface area contributed by atoms with Crippen LogP contribution in [0.5, 0.6) is 0 Å². The Kier molecular flexibility index (Phi) is 7.20. The van der Waals surface area contributed by atoms with E-state index in [0.717, 1.165) is 36.9 Å². The summed E-state index contributed by atoms with van der Waals surface area (Å²) < 4.78 is 26.8.